The average Bonchev–Trinajstić information content (AvgIpc) is 3.26. The summed E-state index contributed by atoms with van der Waals surface area (Å²) < 4.78 is 10.3. The summed E-state index contributed by atoms with van der Waals surface area (Å²) in [6, 6.07) is 8.50. The molecule has 0 radical (unpaired) electrons. The van der Waals surface area contributed by atoms with Gasteiger partial charge in [-0.25, -0.2) is 4.79 Å². The first-order valence-corrected chi connectivity index (χ1v) is 10.5. The number of hydrogen-bond donors (Lipinski definition) is 1. The van der Waals surface area contributed by atoms with Gasteiger partial charge in [-0.3, -0.25) is 19.1 Å². The van der Waals surface area contributed by atoms with E-state index in [4.69, 9.17) is 27.9 Å². The molecule has 10 heteroatoms. The molecule has 8 nitrogen and oxygen atoms in total. The highest BCUT2D eigenvalue weighted by Crippen LogP contribution is 2.41. The van der Waals surface area contributed by atoms with Crippen LogP contribution in [-0.2, 0) is 17.6 Å². The van der Waals surface area contributed by atoms with Gasteiger partial charge in [0.15, 0.2) is 5.75 Å². The van der Waals surface area contributed by atoms with E-state index in [1.165, 1.54) is 0 Å². The molecule has 1 amide bonds. The Hall–Kier alpha value is -3.10. The summed E-state index contributed by atoms with van der Waals surface area (Å²) >= 11 is 12.8. The Morgan fingerprint density at radius 2 is 1.88 bits per heavy atom. The summed E-state index contributed by atoms with van der Waals surface area (Å²) in [5, 5.41) is 3.79. The molecular weight excluding hydrogens is 457 g/mol. The van der Waals surface area contributed by atoms with Gasteiger partial charge in [0.2, 0.25) is 17.5 Å². The number of halogens is 2. The van der Waals surface area contributed by atoms with Crippen LogP contribution in [0.1, 0.15) is 42.5 Å². The number of amides is 1. The summed E-state index contributed by atoms with van der Waals surface area (Å²) in [6.45, 7) is 5.90. The van der Waals surface area contributed by atoms with Gasteiger partial charge in [-0.15, -0.1) is 0 Å². The topological polar surface area (TPSA) is 106 Å². The third-order valence-electron chi connectivity index (χ3n) is 4.91. The highest BCUT2D eigenvalue weighted by Gasteiger charge is 2.35. The lowest BCUT2D eigenvalue weighted by molar-refractivity contribution is -0.118. The number of aromatic nitrogens is 2. The van der Waals surface area contributed by atoms with Gasteiger partial charge in [0.05, 0.1) is 22.2 Å². The van der Waals surface area contributed by atoms with Crippen LogP contribution in [-0.4, -0.2) is 27.4 Å². The maximum absolute atomic E-state index is 12.5. The summed E-state index contributed by atoms with van der Waals surface area (Å²) in [6.07, 6.45) is 0.248. The second kappa shape index (κ2) is 8.11. The van der Waals surface area contributed by atoms with Crippen molar-refractivity contribution in [2.24, 2.45) is 0 Å². The lowest BCUT2D eigenvalue weighted by Gasteiger charge is -2.32. The lowest BCUT2D eigenvalue weighted by Crippen LogP contribution is -2.43. The zero-order valence-corrected chi connectivity index (χ0v) is 19.0. The minimum absolute atomic E-state index is 0.0307. The van der Waals surface area contributed by atoms with Crippen LogP contribution >= 0.6 is 23.2 Å². The fourth-order valence-corrected chi connectivity index (χ4v) is 4.23. The second-order valence-electron chi connectivity index (χ2n) is 8.40. The van der Waals surface area contributed by atoms with E-state index in [1.54, 1.807) is 29.2 Å². The molecule has 0 saturated heterocycles. The quantitative estimate of drug-likeness (QED) is 0.541. The Morgan fingerprint density at radius 1 is 1.19 bits per heavy atom. The van der Waals surface area contributed by atoms with Crippen molar-refractivity contribution in [3.63, 3.8) is 0 Å². The van der Waals surface area contributed by atoms with E-state index in [9.17, 15) is 14.4 Å². The lowest BCUT2D eigenvalue weighted by atomic mass is 10.1. The number of fused-ring (bicyclic) bond motifs is 1. The van der Waals surface area contributed by atoms with Crippen molar-refractivity contribution in [2.45, 2.75) is 39.2 Å². The van der Waals surface area contributed by atoms with Crippen LogP contribution < -0.4 is 15.4 Å². The van der Waals surface area contributed by atoms with Gasteiger partial charge < -0.3 is 9.64 Å². The maximum Gasteiger partial charge on any atom is 0.439 e. The molecule has 1 N–H and O–H groups in total. The fourth-order valence-electron chi connectivity index (χ4n) is 3.63. The first-order chi connectivity index (χ1) is 15.0. The van der Waals surface area contributed by atoms with Crippen molar-refractivity contribution >= 4 is 40.6 Å². The standard InChI is InChI=1S/C22H19Cl2N3O5/c1-22(2,3)27-16-10-13(5-4-12(16)9-18(27)29)31-19-14(23)6-11(7-15(19)24)8-17(28)20-25-21(30)32-26-20/h4-7,10H,8-9H2,1-3H3,(H,25,26,30). The van der Waals surface area contributed by atoms with Gasteiger partial charge in [0, 0.05) is 18.0 Å². The largest absolute Gasteiger partial charge is 0.454 e. The number of H-pyrrole nitrogens is 1. The molecule has 1 aliphatic heterocycles. The van der Waals surface area contributed by atoms with Crippen LogP contribution in [0.2, 0.25) is 10.0 Å². The Morgan fingerprint density at radius 3 is 2.47 bits per heavy atom. The van der Waals surface area contributed by atoms with E-state index in [0.717, 1.165) is 11.3 Å². The van der Waals surface area contributed by atoms with Crippen LogP contribution in [0.3, 0.4) is 0 Å². The Balaban J connectivity index is 1.58. The van der Waals surface area contributed by atoms with Crippen LogP contribution in [0.15, 0.2) is 39.6 Å². The number of rotatable bonds is 5. The van der Waals surface area contributed by atoms with E-state index < -0.39 is 11.5 Å². The second-order valence-corrected chi connectivity index (χ2v) is 9.22. The Labute approximate surface area is 193 Å². The maximum atomic E-state index is 12.5. The number of carbonyl (C=O) groups is 2. The molecular formula is C22H19Cl2N3O5. The number of anilines is 1. The summed E-state index contributed by atoms with van der Waals surface area (Å²) in [5.41, 5.74) is 1.85. The molecule has 1 aromatic heterocycles. The molecule has 0 aliphatic carbocycles. The zero-order chi connectivity index (χ0) is 23.2. The predicted molar refractivity (Wildman–Crippen MR) is 119 cm³/mol. The van der Waals surface area contributed by atoms with Crippen LogP contribution in [0.4, 0.5) is 5.69 Å². The number of benzene rings is 2. The normalized spacial score (nSPS) is 13.4. The SMILES string of the molecule is CC(C)(C)N1C(=O)Cc2ccc(Oc3c(Cl)cc(CC(=O)c4noc(=O)[nH]4)cc3Cl)cc21. The first kappa shape index (κ1) is 22.1. The smallest absolute Gasteiger partial charge is 0.439 e. The van der Waals surface area contributed by atoms with Crippen molar-refractivity contribution in [1.29, 1.82) is 0 Å². The molecule has 2 heterocycles. The molecule has 32 heavy (non-hydrogen) atoms. The third-order valence-corrected chi connectivity index (χ3v) is 5.47. The molecule has 3 aromatic rings. The van der Waals surface area contributed by atoms with Crippen molar-refractivity contribution in [3.05, 3.63) is 67.9 Å². The predicted octanol–water partition coefficient (Wildman–Crippen LogP) is 4.58. The van der Waals surface area contributed by atoms with Gasteiger partial charge in [0.1, 0.15) is 5.75 Å². The van der Waals surface area contributed by atoms with Crippen molar-refractivity contribution in [2.75, 3.05) is 4.90 Å². The summed E-state index contributed by atoms with van der Waals surface area (Å²) in [5.74, 6) is -0.718. The third kappa shape index (κ3) is 4.28. The van der Waals surface area contributed by atoms with Crippen LogP contribution in [0, 0.1) is 0 Å². The number of ether oxygens (including phenoxy) is 1. The monoisotopic (exact) mass is 475 g/mol. The van der Waals surface area contributed by atoms with Gasteiger partial charge in [-0.2, -0.15) is 0 Å². The molecule has 1 aliphatic rings. The number of ketones is 1. The van der Waals surface area contributed by atoms with Crippen molar-refractivity contribution in [1.82, 2.24) is 10.1 Å². The van der Waals surface area contributed by atoms with Crippen LogP contribution in [0.25, 0.3) is 0 Å². The summed E-state index contributed by atoms with van der Waals surface area (Å²) in [4.78, 5) is 39.7. The highest BCUT2D eigenvalue weighted by molar-refractivity contribution is 6.37. The number of nitrogens with one attached hydrogen (secondary N) is 1. The Kier molecular flexibility index (Phi) is 5.60. The number of aromatic amines is 1. The minimum Gasteiger partial charge on any atom is -0.454 e. The fraction of sp³-hybridized carbons (Fsp3) is 0.273. The van der Waals surface area contributed by atoms with E-state index in [2.05, 4.69) is 14.7 Å². The molecule has 0 spiro atoms. The highest BCUT2D eigenvalue weighted by atomic mass is 35.5. The molecule has 0 fully saturated rings. The zero-order valence-electron chi connectivity index (χ0n) is 17.5. The van der Waals surface area contributed by atoms with Gasteiger partial charge in [-0.1, -0.05) is 34.4 Å². The van der Waals surface area contributed by atoms with E-state index >= 15 is 0 Å². The molecule has 2 aromatic carbocycles. The van der Waals surface area contributed by atoms with E-state index in [0.29, 0.717) is 17.7 Å². The molecule has 0 bridgehead atoms. The molecule has 0 atom stereocenters. The van der Waals surface area contributed by atoms with Gasteiger partial charge >= 0.3 is 5.76 Å². The van der Waals surface area contributed by atoms with E-state index in [1.807, 2.05) is 26.8 Å². The number of Topliss-reactive ketones (excluding diaryl/α,β-unsaturated/α-hetero) is 1. The average molecular weight is 476 g/mol. The number of hydrogen-bond acceptors (Lipinski definition) is 6. The molecule has 4 rings (SSSR count). The first-order valence-electron chi connectivity index (χ1n) is 9.74. The van der Waals surface area contributed by atoms with Crippen LogP contribution in [0.5, 0.6) is 11.5 Å². The molecule has 0 unspecified atom stereocenters. The molecule has 166 valence electrons. The summed E-state index contributed by atoms with van der Waals surface area (Å²) in [7, 11) is 0. The van der Waals surface area contributed by atoms with Crippen molar-refractivity contribution in [3.8, 4) is 11.5 Å². The van der Waals surface area contributed by atoms with Gasteiger partial charge in [-0.05, 0) is 50.1 Å². The molecule has 0 saturated carbocycles. The minimum atomic E-state index is -0.811. The van der Waals surface area contributed by atoms with E-state index in [-0.39, 0.29) is 39.5 Å². The van der Waals surface area contributed by atoms with Gasteiger partial charge in [0.25, 0.3) is 0 Å². The number of carbonyl (C=O) groups excluding carboxylic acids is 2. The number of nitrogens with zero attached hydrogens (tertiary/aromatic N) is 2. The van der Waals surface area contributed by atoms with Crippen molar-refractivity contribution < 1.29 is 18.8 Å². The Bertz CT molecular complexity index is 1270.